The molecule has 13 nitrogen and oxygen atoms in total. The summed E-state index contributed by atoms with van der Waals surface area (Å²) in [6.45, 7) is -0.274. The Hall–Kier alpha value is -3.51. The number of nitrogens with zero attached hydrogens (tertiary/aromatic N) is 2. The molecule has 0 atom stereocenters. The maximum absolute atomic E-state index is 11.5. The van der Waals surface area contributed by atoms with Crippen LogP contribution in [0, 0.1) is 0 Å². The van der Waals surface area contributed by atoms with E-state index in [-0.39, 0.29) is 51.6 Å². The molecule has 0 aliphatic carbocycles. The van der Waals surface area contributed by atoms with Crippen LogP contribution in [0.1, 0.15) is 38.5 Å². The van der Waals surface area contributed by atoms with Gasteiger partial charge >= 0.3 is 18.0 Å². The third kappa shape index (κ3) is 5.75. The second kappa shape index (κ2) is 9.43. The van der Waals surface area contributed by atoms with Crippen LogP contribution in [0.25, 0.3) is 0 Å². The molecule has 6 amide bonds. The Labute approximate surface area is 158 Å². The van der Waals surface area contributed by atoms with Crippen molar-refractivity contribution in [3.63, 3.8) is 0 Å². The molecule has 2 heterocycles. The topological polar surface area (TPSA) is 168 Å². The SMILES string of the molecule is O=C(NCCC(=O)ON1C(=O)CCC1=O)NCCC(=O)ON1C(=O)CCC1=O. The molecule has 0 aromatic rings. The normalized spacial score (nSPS) is 16.4. The van der Waals surface area contributed by atoms with Crippen LogP contribution in [0.5, 0.6) is 0 Å². The summed E-state index contributed by atoms with van der Waals surface area (Å²) >= 11 is 0. The Morgan fingerprint density at radius 3 is 1.32 bits per heavy atom. The van der Waals surface area contributed by atoms with Gasteiger partial charge in [-0.1, -0.05) is 0 Å². The van der Waals surface area contributed by atoms with Crippen LogP contribution >= 0.6 is 0 Å². The van der Waals surface area contributed by atoms with Crippen molar-refractivity contribution in [1.29, 1.82) is 0 Å². The van der Waals surface area contributed by atoms with Crippen LogP contribution in [0.15, 0.2) is 0 Å². The van der Waals surface area contributed by atoms with E-state index in [1.807, 2.05) is 0 Å². The van der Waals surface area contributed by atoms with Gasteiger partial charge in [0, 0.05) is 38.8 Å². The van der Waals surface area contributed by atoms with Gasteiger partial charge in [0.05, 0.1) is 12.8 Å². The second-order valence-electron chi connectivity index (χ2n) is 5.77. The van der Waals surface area contributed by atoms with E-state index < -0.39 is 41.6 Å². The Kier molecular flexibility index (Phi) is 7.01. The van der Waals surface area contributed by atoms with E-state index in [0.717, 1.165) is 0 Å². The Balaban J connectivity index is 1.56. The highest BCUT2D eigenvalue weighted by atomic mass is 16.7. The average Bonchev–Trinajstić information content (AvgIpc) is 3.12. The fraction of sp³-hybridized carbons (Fsp3) is 0.533. The van der Waals surface area contributed by atoms with Crippen LogP contribution in [0.3, 0.4) is 0 Å². The van der Waals surface area contributed by atoms with Gasteiger partial charge < -0.3 is 20.3 Å². The molecule has 0 saturated carbocycles. The van der Waals surface area contributed by atoms with Crippen LogP contribution in [0.2, 0.25) is 0 Å². The molecule has 2 aliphatic rings. The largest absolute Gasteiger partial charge is 0.338 e. The lowest BCUT2D eigenvalue weighted by Crippen LogP contribution is -2.39. The number of carbonyl (C=O) groups is 7. The molecular weight excluding hydrogens is 380 g/mol. The van der Waals surface area contributed by atoms with Crippen molar-refractivity contribution >= 4 is 41.6 Å². The first kappa shape index (κ1) is 20.8. The number of rotatable bonds is 8. The van der Waals surface area contributed by atoms with Gasteiger partial charge in [0.2, 0.25) is 0 Å². The minimum Gasteiger partial charge on any atom is -0.338 e. The lowest BCUT2D eigenvalue weighted by molar-refractivity contribution is -0.197. The van der Waals surface area contributed by atoms with Gasteiger partial charge in [-0.2, -0.15) is 0 Å². The summed E-state index contributed by atoms with van der Waals surface area (Å²) in [5, 5.41) is 5.44. The third-order valence-corrected chi connectivity index (χ3v) is 3.63. The number of hydrogen-bond acceptors (Lipinski definition) is 9. The highest BCUT2D eigenvalue weighted by Crippen LogP contribution is 2.13. The van der Waals surface area contributed by atoms with Gasteiger partial charge in [0.15, 0.2) is 0 Å². The van der Waals surface area contributed by atoms with E-state index in [1.165, 1.54) is 0 Å². The Morgan fingerprint density at radius 2 is 1.00 bits per heavy atom. The summed E-state index contributed by atoms with van der Waals surface area (Å²) in [7, 11) is 0. The maximum atomic E-state index is 11.5. The molecule has 2 N–H and O–H groups in total. The number of amides is 6. The molecule has 13 heteroatoms. The summed E-state index contributed by atoms with van der Waals surface area (Å²) < 4.78 is 0. The van der Waals surface area contributed by atoms with E-state index in [9.17, 15) is 33.6 Å². The van der Waals surface area contributed by atoms with Gasteiger partial charge in [-0.25, -0.2) is 14.4 Å². The Morgan fingerprint density at radius 1 is 0.679 bits per heavy atom. The number of hydrogen-bond donors (Lipinski definition) is 2. The van der Waals surface area contributed by atoms with Crippen molar-refractivity contribution in [2.24, 2.45) is 0 Å². The van der Waals surface area contributed by atoms with E-state index in [2.05, 4.69) is 20.3 Å². The summed E-state index contributed by atoms with van der Waals surface area (Å²) in [5.41, 5.74) is 0. The number of urea groups is 1. The monoisotopic (exact) mass is 398 g/mol. The first-order valence-corrected chi connectivity index (χ1v) is 8.43. The molecule has 0 bridgehead atoms. The lowest BCUT2D eigenvalue weighted by atomic mass is 10.4. The molecular formula is C15H18N4O9. The van der Waals surface area contributed by atoms with Crippen molar-refractivity contribution in [3.05, 3.63) is 0 Å². The molecule has 2 aliphatic heterocycles. The summed E-state index contributed by atoms with van der Waals surface area (Å²) in [4.78, 5) is 89.0. The maximum Gasteiger partial charge on any atom is 0.334 e. The molecule has 0 aromatic carbocycles. The second-order valence-corrected chi connectivity index (χ2v) is 5.77. The van der Waals surface area contributed by atoms with Crippen LogP contribution < -0.4 is 10.6 Å². The molecule has 2 fully saturated rings. The average molecular weight is 398 g/mol. The van der Waals surface area contributed by atoms with Crippen molar-refractivity contribution in [3.8, 4) is 0 Å². The Bertz CT molecular complexity index is 630. The molecule has 0 unspecified atom stereocenters. The van der Waals surface area contributed by atoms with Crippen molar-refractivity contribution in [2.45, 2.75) is 38.5 Å². The van der Waals surface area contributed by atoms with Crippen molar-refractivity contribution < 1.29 is 43.2 Å². The molecule has 152 valence electrons. The molecule has 0 spiro atoms. The predicted octanol–water partition coefficient (Wildman–Crippen LogP) is -1.72. The third-order valence-electron chi connectivity index (χ3n) is 3.63. The molecule has 0 aromatic heterocycles. The number of nitrogens with one attached hydrogen (secondary N) is 2. The van der Waals surface area contributed by atoms with Gasteiger partial charge in [-0.05, 0) is 0 Å². The fourth-order valence-electron chi connectivity index (χ4n) is 2.23. The number of hydroxylamine groups is 4. The highest BCUT2D eigenvalue weighted by Gasteiger charge is 2.33. The van der Waals surface area contributed by atoms with E-state index >= 15 is 0 Å². The number of carbonyl (C=O) groups excluding carboxylic acids is 7. The predicted molar refractivity (Wildman–Crippen MR) is 85.0 cm³/mol. The smallest absolute Gasteiger partial charge is 0.334 e. The minimum absolute atomic E-state index is 0.0186. The zero-order valence-corrected chi connectivity index (χ0v) is 14.7. The van der Waals surface area contributed by atoms with E-state index in [4.69, 9.17) is 0 Å². The summed E-state index contributed by atoms with van der Waals surface area (Å²) in [6.07, 6.45) is -0.646. The fourth-order valence-corrected chi connectivity index (χ4v) is 2.23. The standard InChI is InChI=1S/C15H18N4O9/c20-9-1-2-10(21)18(9)27-13(24)5-7-16-15(26)17-8-6-14(25)28-19-11(22)3-4-12(19)23/h1-8H2,(H2,16,17,26). The van der Waals surface area contributed by atoms with Crippen LogP contribution in [-0.2, 0) is 38.4 Å². The first-order valence-electron chi connectivity index (χ1n) is 8.43. The zero-order valence-electron chi connectivity index (χ0n) is 14.7. The van der Waals surface area contributed by atoms with Gasteiger partial charge in [-0.3, -0.25) is 19.2 Å². The molecule has 2 saturated heterocycles. The van der Waals surface area contributed by atoms with Crippen molar-refractivity contribution in [1.82, 2.24) is 20.8 Å². The van der Waals surface area contributed by atoms with E-state index in [0.29, 0.717) is 10.1 Å². The molecule has 2 rings (SSSR count). The lowest BCUT2D eigenvalue weighted by Gasteiger charge is -2.13. The summed E-state index contributed by atoms with van der Waals surface area (Å²) in [6, 6.07) is -0.692. The quantitative estimate of drug-likeness (QED) is 0.452. The highest BCUT2D eigenvalue weighted by molar-refractivity contribution is 6.02. The van der Waals surface area contributed by atoms with Gasteiger partial charge in [0.1, 0.15) is 0 Å². The van der Waals surface area contributed by atoms with E-state index in [1.54, 1.807) is 0 Å². The zero-order chi connectivity index (χ0) is 20.7. The molecule has 0 radical (unpaired) electrons. The van der Waals surface area contributed by atoms with Crippen LogP contribution in [-0.4, -0.2) is 64.8 Å². The van der Waals surface area contributed by atoms with Crippen molar-refractivity contribution in [2.75, 3.05) is 13.1 Å². The first-order chi connectivity index (χ1) is 13.3. The summed E-state index contributed by atoms with van der Waals surface area (Å²) in [5.74, 6) is -4.15. The van der Waals surface area contributed by atoms with Crippen LogP contribution in [0.4, 0.5) is 4.79 Å². The number of imide groups is 2. The van der Waals surface area contributed by atoms with Gasteiger partial charge in [-0.15, -0.1) is 10.1 Å². The minimum atomic E-state index is -0.868. The van der Waals surface area contributed by atoms with Gasteiger partial charge in [0.25, 0.3) is 23.6 Å². The molecule has 28 heavy (non-hydrogen) atoms.